The van der Waals surface area contributed by atoms with E-state index in [1.807, 2.05) is 11.8 Å². The zero-order chi connectivity index (χ0) is 12.1. The Kier molecular flexibility index (Phi) is 5.19. The van der Waals surface area contributed by atoms with Crippen LogP contribution in [0.15, 0.2) is 0 Å². The van der Waals surface area contributed by atoms with Gasteiger partial charge in [-0.25, -0.2) is 0 Å². The summed E-state index contributed by atoms with van der Waals surface area (Å²) in [4.78, 5) is 0. The first-order valence-electron chi connectivity index (χ1n) is 7.00. The second kappa shape index (κ2) is 6.44. The van der Waals surface area contributed by atoms with Crippen LogP contribution in [0.3, 0.4) is 0 Å². The number of aliphatic hydroxyl groups excluding tert-OH is 1. The summed E-state index contributed by atoms with van der Waals surface area (Å²) in [6.45, 7) is 4.21. The Labute approximate surface area is 110 Å². The van der Waals surface area contributed by atoms with E-state index in [1.54, 1.807) is 0 Å². The van der Waals surface area contributed by atoms with Gasteiger partial charge < -0.3 is 9.84 Å². The molecule has 0 amide bonds. The maximum Gasteiger partial charge on any atom is 0.0575 e. The lowest BCUT2D eigenvalue weighted by atomic mass is 9.81. The van der Waals surface area contributed by atoms with E-state index in [-0.39, 0.29) is 5.41 Å². The molecule has 1 heterocycles. The number of thioether (sulfide) groups is 1. The van der Waals surface area contributed by atoms with E-state index in [0.717, 1.165) is 30.8 Å². The molecule has 0 aromatic rings. The minimum absolute atomic E-state index is 0.102. The summed E-state index contributed by atoms with van der Waals surface area (Å²) in [6.07, 6.45) is 7.13. The minimum Gasteiger partial charge on any atom is -0.396 e. The molecule has 2 fully saturated rings. The van der Waals surface area contributed by atoms with Crippen LogP contribution < -0.4 is 0 Å². The van der Waals surface area contributed by atoms with Crippen molar-refractivity contribution in [2.75, 3.05) is 31.3 Å². The average Bonchev–Trinajstić information content (AvgIpc) is 2.27. The standard InChI is InChI=1S/C14H26O2S/c1-12-3-2-4-13(7-12)5-6-17-11-14(8-15)9-16-10-14/h12-13,15H,2-11H2,1H3. The third-order valence-corrected chi connectivity index (χ3v) is 5.62. The van der Waals surface area contributed by atoms with Crippen LogP contribution in [0, 0.1) is 17.3 Å². The van der Waals surface area contributed by atoms with Gasteiger partial charge in [0.25, 0.3) is 0 Å². The largest absolute Gasteiger partial charge is 0.396 e. The van der Waals surface area contributed by atoms with Crippen molar-refractivity contribution in [1.29, 1.82) is 0 Å². The van der Waals surface area contributed by atoms with Crippen molar-refractivity contribution in [3.8, 4) is 0 Å². The fourth-order valence-electron chi connectivity index (χ4n) is 2.97. The minimum atomic E-state index is 0.102. The van der Waals surface area contributed by atoms with E-state index in [9.17, 15) is 5.11 Å². The van der Waals surface area contributed by atoms with E-state index >= 15 is 0 Å². The topological polar surface area (TPSA) is 29.5 Å². The predicted octanol–water partition coefficient (Wildman–Crippen LogP) is 2.94. The van der Waals surface area contributed by atoms with Gasteiger partial charge in [-0.2, -0.15) is 11.8 Å². The molecule has 2 aliphatic rings. The third kappa shape index (κ3) is 3.87. The molecule has 1 saturated heterocycles. The Morgan fingerprint density at radius 1 is 1.35 bits per heavy atom. The van der Waals surface area contributed by atoms with Crippen LogP contribution in [-0.2, 0) is 4.74 Å². The highest BCUT2D eigenvalue weighted by atomic mass is 32.2. The molecule has 0 aromatic heterocycles. The first-order valence-corrected chi connectivity index (χ1v) is 8.16. The van der Waals surface area contributed by atoms with Gasteiger partial charge in [-0.3, -0.25) is 0 Å². The van der Waals surface area contributed by atoms with Crippen LogP contribution in [0.5, 0.6) is 0 Å². The van der Waals surface area contributed by atoms with Crippen molar-refractivity contribution >= 4 is 11.8 Å². The molecule has 1 aliphatic heterocycles. The lowest BCUT2D eigenvalue weighted by molar-refractivity contribution is -0.121. The van der Waals surface area contributed by atoms with Gasteiger partial charge in [-0.1, -0.05) is 26.2 Å². The zero-order valence-electron chi connectivity index (χ0n) is 11.0. The second-order valence-corrected chi connectivity index (χ2v) is 7.24. The van der Waals surface area contributed by atoms with Gasteiger partial charge in [-0.05, 0) is 30.4 Å². The number of hydrogen-bond acceptors (Lipinski definition) is 3. The summed E-state index contributed by atoms with van der Waals surface area (Å²) in [6, 6.07) is 0. The molecule has 0 spiro atoms. The van der Waals surface area contributed by atoms with E-state index in [0.29, 0.717) is 6.61 Å². The fraction of sp³-hybridized carbons (Fsp3) is 1.00. The Hall–Kier alpha value is 0.270. The van der Waals surface area contributed by atoms with Crippen LogP contribution in [0.2, 0.25) is 0 Å². The van der Waals surface area contributed by atoms with Crippen molar-refractivity contribution in [3.63, 3.8) is 0 Å². The lowest BCUT2D eigenvalue weighted by Crippen LogP contribution is -2.47. The molecule has 3 heteroatoms. The van der Waals surface area contributed by atoms with E-state index in [4.69, 9.17) is 4.74 Å². The molecule has 2 nitrogen and oxygen atoms in total. The lowest BCUT2D eigenvalue weighted by Gasteiger charge is -2.39. The van der Waals surface area contributed by atoms with Gasteiger partial charge in [0.2, 0.25) is 0 Å². The second-order valence-electron chi connectivity index (χ2n) is 6.13. The summed E-state index contributed by atoms with van der Waals surface area (Å²) >= 11 is 2.02. The van der Waals surface area contributed by atoms with Crippen molar-refractivity contribution in [2.24, 2.45) is 17.3 Å². The normalized spacial score (nSPS) is 32.1. The van der Waals surface area contributed by atoms with Gasteiger partial charge in [0.15, 0.2) is 0 Å². The van der Waals surface area contributed by atoms with Gasteiger partial charge in [-0.15, -0.1) is 0 Å². The number of aliphatic hydroxyl groups is 1. The Bertz CT molecular complexity index is 223. The predicted molar refractivity (Wildman–Crippen MR) is 73.4 cm³/mol. The number of rotatable bonds is 6. The molecule has 1 N–H and O–H groups in total. The summed E-state index contributed by atoms with van der Waals surface area (Å²) < 4.78 is 5.22. The van der Waals surface area contributed by atoms with Crippen molar-refractivity contribution in [2.45, 2.75) is 39.0 Å². The van der Waals surface area contributed by atoms with Crippen LogP contribution in [0.4, 0.5) is 0 Å². The summed E-state index contributed by atoms with van der Waals surface area (Å²) in [5, 5.41) is 9.33. The fourth-order valence-corrected chi connectivity index (χ4v) is 4.31. The molecule has 100 valence electrons. The van der Waals surface area contributed by atoms with E-state index < -0.39 is 0 Å². The highest BCUT2D eigenvalue weighted by Crippen LogP contribution is 2.34. The molecule has 0 bridgehead atoms. The van der Waals surface area contributed by atoms with Crippen LogP contribution in [-0.4, -0.2) is 36.4 Å². The molecule has 1 aliphatic carbocycles. The monoisotopic (exact) mass is 258 g/mol. The summed E-state index contributed by atoms with van der Waals surface area (Å²) in [5.41, 5.74) is 0.102. The molecule has 0 aromatic carbocycles. The zero-order valence-corrected chi connectivity index (χ0v) is 11.8. The molecule has 1 saturated carbocycles. The van der Waals surface area contributed by atoms with Gasteiger partial charge >= 0.3 is 0 Å². The van der Waals surface area contributed by atoms with Gasteiger partial charge in [0, 0.05) is 11.2 Å². The highest BCUT2D eigenvalue weighted by Gasteiger charge is 2.37. The highest BCUT2D eigenvalue weighted by molar-refractivity contribution is 7.99. The Morgan fingerprint density at radius 2 is 2.18 bits per heavy atom. The van der Waals surface area contributed by atoms with Gasteiger partial charge in [0.05, 0.1) is 19.8 Å². The Balaban J connectivity index is 1.56. The summed E-state index contributed by atoms with van der Waals surface area (Å²) in [5.74, 6) is 4.25. The van der Waals surface area contributed by atoms with Crippen LogP contribution >= 0.6 is 11.8 Å². The number of ether oxygens (including phenoxy) is 1. The van der Waals surface area contributed by atoms with Crippen molar-refractivity contribution < 1.29 is 9.84 Å². The summed E-state index contributed by atoms with van der Waals surface area (Å²) in [7, 11) is 0. The van der Waals surface area contributed by atoms with Gasteiger partial charge in [0.1, 0.15) is 0 Å². The van der Waals surface area contributed by atoms with Crippen molar-refractivity contribution in [1.82, 2.24) is 0 Å². The quantitative estimate of drug-likeness (QED) is 0.743. The molecular weight excluding hydrogens is 232 g/mol. The smallest absolute Gasteiger partial charge is 0.0575 e. The molecule has 2 unspecified atom stereocenters. The number of hydrogen-bond donors (Lipinski definition) is 1. The molecule has 17 heavy (non-hydrogen) atoms. The molecule has 2 atom stereocenters. The first kappa shape index (κ1) is 13.7. The van der Waals surface area contributed by atoms with Crippen molar-refractivity contribution in [3.05, 3.63) is 0 Å². The van der Waals surface area contributed by atoms with E-state index in [2.05, 4.69) is 6.92 Å². The van der Waals surface area contributed by atoms with Crippen LogP contribution in [0.1, 0.15) is 39.0 Å². The molecule has 0 radical (unpaired) electrons. The van der Waals surface area contributed by atoms with E-state index in [1.165, 1.54) is 37.9 Å². The molecule has 2 rings (SSSR count). The Morgan fingerprint density at radius 3 is 2.76 bits per heavy atom. The maximum absolute atomic E-state index is 9.33. The third-order valence-electron chi connectivity index (χ3n) is 4.28. The van der Waals surface area contributed by atoms with Crippen LogP contribution in [0.25, 0.3) is 0 Å². The molecular formula is C14H26O2S. The SMILES string of the molecule is CC1CCCC(CCSCC2(CO)COC2)C1. The average molecular weight is 258 g/mol. The maximum atomic E-state index is 9.33. The first-order chi connectivity index (χ1) is 8.24.